The van der Waals surface area contributed by atoms with Gasteiger partial charge in [-0.2, -0.15) is 0 Å². The molecule has 24 heavy (non-hydrogen) atoms. The van der Waals surface area contributed by atoms with E-state index < -0.39 is 44.5 Å². The second kappa shape index (κ2) is 4.92. The van der Waals surface area contributed by atoms with Crippen molar-refractivity contribution in [2.45, 2.75) is 75.2 Å². The molecule has 1 saturated carbocycles. The third-order valence-electron chi connectivity index (χ3n) is 6.95. The number of sulfone groups is 1. The number of hydrogen-bond acceptors (Lipinski definition) is 7. The molecule has 8 atom stereocenters. The molecule has 4 aliphatic heterocycles. The molecule has 138 valence electrons. The average molecular weight is 362 g/mol. The van der Waals surface area contributed by atoms with Gasteiger partial charge in [0.2, 0.25) is 5.79 Å². The molecule has 1 spiro atoms. The van der Waals surface area contributed by atoms with Crippen LogP contribution in [0.25, 0.3) is 0 Å². The minimum Gasteiger partial charge on any atom is -0.366 e. The van der Waals surface area contributed by atoms with Crippen LogP contribution in [0.3, 0.4) is 0 Å². The summed E-state index contributed by atoms with van der Waals surface area (Å²) in [5, 5.41) is 10.6. The van der Waals surface area contributed by atoms with Gasteiger partial charge >= 0.3 is 0 Å². The van der Waals surface area contributed by atoms with E-state index in [0.29, 0.717) is 18.8 Å². The van der Waals surface area contributed by atoms with Crippen LogP contribution >= 0.6 is 0 Å². The second-order valence-corrected chi connectivity index (χ2v) is 10.7. The Morgan fingerprint density at radius 2 is 1.83 bits per heavy atom. The minimum absolute atomic E-state index is 0.0548. The van der Waals surface area contributed by atoms with E-state index >= 15 is 0 Å². The van der Waals surface area contributed by atoms with Crippen molar-refractivity contribution < 1.29 is 32.8 Å². The molecule has 5 fully saturated rings. The maximum atomic E-state index is 12.6. The lowest BCUT2D eigenvalue weighted by Crippen LogP contribution is -2.76. The molecule has 0 unspecified atom stereocenters. The summed E-state index contributed by atoms with van der Waals surface area (Å²) in [6.07, 6.45) is 1.79. The lowest BCUT2D eigenvalue weighted by molar-refractivity contribution is -0.574. The monoisotopic (exact) mass is 362 g/mol. The third kappa shape index (κ3) is 1.92. The first-order valence-corrected chi connectivity index (χ1v) is 10.5. The zero-order valence-corrected chi connectivity index (χ0v) is 15.3. The van der Waals surface area contributed by atoms with Crippen molar-refractivity contribution in [1.82, 2.24) is 0 Å². The zero-order chi connectivity index (χ0) is 17.5. The Bertz CT molecular complexity index is 651. The van der Waals surface area contributed by atoms with Crippen LogP contribution in [0.2, 0.25) is 0 Å². The number of fused-ring (bicyclic) bond motifs is 2. The molecular weight excluding hydrogens is 336 g/mol. The fourth-order valence-electron chi connectivity index (χ4n) is 5.32. The molecule has 0 aromatic heterocycles. The van der Waals surface area contributed by atoms with Crippen LogP contribution in [-0.2, 0) is 29.1 Å². The zero-order valence-electron chi connectivity index (χ0n) is 14.5. The van der Waals surface area contributed by atoms with Crippen LogP contribution in [0.5, 0.6) is 0 Å². The van der Waals surface area contributed by atoms with Gasteiger partial charge in [-0.05, 0) is 44.9 Å². The van der Waals surface area contributed by atoms with E-state index in [2.05, 4.69) is 6.92 Å². The summed E-state index contributed by atoms with van der Waals surface area (Å²) in [5.74, 6) is -1.01. The van der Waals surface area contributed by atoms with E-state index in [4.69, 9.17) is 19.2 Å². The van der Waals surface area contributed by atoms with Crippen molar-refractivity contribution >= 4 is 9.84 Å². The summed E-state index contributed by atoms with van der Waals surface area (Å²) < 4.78 is 35.5. The normalized spacial score (nSPS) is 57.3. The molecule has 7 nitrogen and oxygen atoms in total. The van der Waals surface area contributed by atoms with Gasteiger partial charge in [0.25, 0.3) is 0 Å². The fourth-order valence-corrected chi connectivity index (χ4v) is 6.56. The van der Waals surface area contributed by atoms with Gasteiger partial charge in [-0.25, -0.2) is 18.2 Å². The summed E-state index contributed by atoms with van der Waals surface area (Å²) >= 11 is 0. The highest BCUT2D eigenvalue weighted by Gasteiger charge is 2.74. The second-order valence-electron chi connectivity index (χ2n) is 8.30. The molecule has 4 saturated heterocycles. The van der Waals surface area contributed by atoms with Crippen molar-refractivity contribution in [3.05, 3.63) is 0 Å². The van der Waals surface area contributed by atoms with Crippen molar-refractivity contribution in [3.63, 3.8) is 0 Å². The van der Waals surface area contributed by atoms with Gasteiger partial charge in [-0.1, -0.05) is 6.92 Å². The van der Waals surface area contributed by atoms with Gasteiger partial charge in [0.1, 0.15) is 4.75 Å². The van der Waals surface area contributed by atoms with Crippen molar-refractivity contribution in [1.29, 1.82) is 0 Å². The molecule has 0 aromatic carbocycles. The fraction of sp³-hybridized carbons (Fsp3) is 1.00. The highest BCUT2D eigenvalue weighted by Crippen LogP contribution is 2.62. The SMILES string of the molecule is C[C@@H]1CC[C@@H]2[C@]34OO[C@@](C)(CC[C@@H]13)O[C@H]4O[C@H](O)[C@@]2(C)S(C)(=O)=O. The highest BCUT2D eigenvalue weighted by atomic mass is 32.2. The Morgan fingerprint density at radius 1 is 1.12 bits per heavy atom. The van der Waals surface area contributed by atoms with Crippen LogP contribution in [0.1, 0.15) is 46.5 Å². The van der Waals surface area contributed by atoms with E-state index in [9.17, 15) is 13.5 Å². The molecule has 0 aromatic rings. The standard InChI is InChI=1S/C16H26O7S/c1-9-5-6-11-15(3,24(4,18)19)12(17)20-13-16(11)10(9)7-8-14(2,21-13)22-23-16/h9-13,17H,5-8H2,1-4H3/t9-,10+,11+,12+,13-,14+,15+,16-/m1/s1. The lowest BCUT2D eigenvalue weighted by Gasteiger charge is -2.62. The average Bonchev–Trinajstić information content (AvgIpc) is 2.70. The van der Waals surface area contributed by atoms with Gasteiger partial charge in [0, 0.05) is 18.6 Å². The Kier molecular flexibility index (Phi) is 3.52. The van der Waals surface area contributed by atoms with Gasteiger partial charge in [0.15, 0.2) is 28.0 Å². The van der Waals surface area contributed by atoms with E-state index in [0.717, 1.165) is 19.1 Å². The highest BCUT2D eigenvalue weighted by molar-refractivity contribution is 7.92. The smallest absolute Gasteiger partial charge is 0.201 e. The third-order valence-corrected chi connectivity index (χ3v) is 9.04. The van der Waals surface area contributed by atoms with Gasteiger partial charge < -0.3 is 14.6 Å². The van der Waals surface area contributed by atoms with Crippen LogP contribution in [0.15, 0.2) is 0 Å². The van der Waals surface area contributed by atoms with Crippen LogP contribution in [0, 0.1) is 17.8 Å². The van der Waals surface area contributed by atoms with Crippen LogP contribution < -0.4 is 0 Å². The predicted octanol–water partition coefficient (Wildman–Crippen LogP) is 1.35. The molecule has 2 bridgehead atoms. The van der Waals surface area contributed by atoms with Gasteiger partial charge in [0.05, 0.1) is 0 Å². The molecule has 5 rings (SSSR count). The number of hydrogen-bond donors (Lipinski definition) is 1. The number of rotatable bonds is 1. The van der Waals surface area contributed by atoms with Crippen LogP contribution in [0.4, 0.5) is 0 Å². The molecule has 0 radical (unpaired) electrons. The quantitative estimate of drug-likeness (QED) is 0.704. The Balaban J connectivity index is 1.91. The van der Waals surface area contributed by atoms with E-state index in [1.54, 1.807) is 13.8 Å². The van der Waals surface area contributed by atoms with E-state index in [-0.39, 0.29) is 5.92 Å². The predicted molar refractivity (Wildman–Crippen MR) is 83.1 cm³/mol. The molecular formula is C16H26O7S. The van der Waals surface area contributed by atoms with Gasteiger partial charge in [-0.3, -0.25) is 0 Å². The van der Waals surface area contributed by atoms with Crippen LogP contribution in [-0.4, -0.2) is 48.5 Å². The minimum atomic E-state index is -3.62. The topological polar surface area (TPSA) is 91.3 Å². The Labute approximate surface area is 142 Å². The van der Waals surface area contributed by atoms with Crippen molar-refractivity contribution in [2.75, 3.05) is 6.26 Å². The summed E-state index contributed by atoms with van der Waals surface area (Å²) in [5.41, 5.74) is -1.01. The maximum Gasteiger partial charge on any atom is 0.201 e. The molecule has 5 aliphatic rings. The molecule has 8 heteroatoms. The molecule has 0 amide bonds. The Hall–Kier alpha value is -0.250. The van der Waals surface area contributed by atoms with Gasteiger partial charge in [-0.15, -0.1) is 0 Å². The number of ether oxygens (including phenoxy) is 2. The summed E-state index contributed by atoms with van der Waals surface area (Å²) in [6, 6.07) is 0. The summed E-state index contributed by atoms with van der Waals surface area (Å²) in [6.45, 7) is 5.49. The summed E-state index contributed by atoms with van der Waals surface area (Å²) in [4.78, 5) is 11.5. The van der Waals surface area contributed by atoms with Crippen molar-refractivity contribution in [2.24, 2.45) is 17.8 Å². The first-order valence-electron chi connectivity index (χ1n) is 8.62. The molecule has 1 N–H and O–H groups in total. The molecule has 4 heterocycles. The largest absolute Gasteiger partial charge is 0.366 e. The Morgan fingerprint density at radius 3 is 2.50 bits per heavy atom. The van der Waals surface area contributed by atoms with E-state index in [1.807, 2.05) is 0 Å². The first-order chi connectivity index (χ1) is 11.0. The lowest BCUT2D eigenvalue weighted by atomic mass is 9.58. The molecule has 1 aliphatic carbocycles. The number of aliphatic hydroxyl groups excluding tert-OH is 1. The van der Waals surface area contributed by atoms with Crippen molar-refractivity contribution in [3.8, 4) is 0 Å². The van der Waals surface area contributed by atoms with E-state index in [1.165, 1.54) is 0 Å². The first kappa shape index (κ1) is 17.2. The summed E-state index contributed by atoms with van der Waals surface area (Å²) in [7, 11) is -3.62. The number of aliphatic hydroxyl groups is 1. The maximum absolute atomic E-state index is 12.6.